The number of carbonyl (C=O) groups is 1. The van der Waals surface area contributed by atoms with Crippen molar-refractivity contribution in [3.63, 3.8) is 0 Å². The van der Waals surface area contributed by atoms with Crippen molar-refractivity contribution in [2.45, 2.75) is 18.1 Å². The highest BCUT2D eigenvalue weighted by Crippen LogP contribution is 2.51. The molecular formula is C20H15FN2O2S. The van der Waals surface area contributed by atoms with Crippen LogP contribution in [0.2, 0.25) is 0 Å². The van der Waals surface area contributed by atoms with E-state index in [1.165, 1.54) is 22.7 Å². The van der Waals surface area contributed by atoms with Gasteiger partial charge in [0.1, 0.15) is 5.82 Å². The van der Waals surface area contributed by atoms with Crippen LogP contribution in [0.4, 0.5) is 4.39 Å². The van der Waals surface area contributed by atoms with Gasteiger partial charge in [0.2, 0.25) is 5.91 Å². The minimum Gasteiger partial charge on any atom is -0.366 e. The van der Waals surface area contributed by atoms with Crippen LogP contribution in [0, 0.1) is 17.1 Å². The maximum absolute atomic E-state index is 14.3. The minimum absolute atomic E-state index is 0.0525. The zero-order valence-corrected chi connectivity index (χ0v) is 14.5. The lowest BCUT2D eigenvalue weighted by Gasteiger charge is -2.38. The Morgan fingerprint density at radius 1 is 1.19 bits per heavy atom. The maximum atomic E-state index is 14.3. The molecule has 0 aromatic heterocycles. The topological polar surface area (TPSA) is 64.3 Å². The summed E-state index contributed by atoms with van der Waals surface area (Å²) in [5.41, 5.74) is -0.245. The highest BCUT2D eigenvalue weighted by molar-refractivity contribution is 8.03. The molecule has 0 aliphatic carbocycles. The van der Waals surface area contributed by atoms with Crippen LogP contribution in [0.1, 0.15) is 23.5 Å². The number of carbonyl (C=O) groups excluding carboxylic acids is 1. The minimum atomic E-state index is -1.50. The van der Waals surface area contributed by atoms with Crippen LogP contribution >= 0.6 is 11.8 Å². The average Bonchev–Trinajstić information content (AvgIpc) is 3.02. The summed E-state index contributed by atoms with van der Waals surface area (Å²) >= 11 is 1.26. The summed E-state index contributed by atoms with van der Waals surface area (Å²) < 4.78 is 14.3. The SMILES string of the molecule is N#CC1=C2SC[C@](O)(c3ccccc3)N2C(=O)C[C@H]1c1ccccc1F. The highest BCUT2D eigenvalue weighted by Gasteiger charge is 2.51. The molecule has 0 bridgehead atoms. The lowest BCUT2D eigenvalue weighted by atomic mass is 9.85. The predicted molar refractivity (Wildman–Crippen MR) is 96.0 cm³/mol. The summed E-state index contributed by atoms with van der Waals surface area (Å²) in [7, 11) is 0. The fourth-order valence-electron chi connectivity index (χ4n) is 3.57. The number of nitriles is 1. The Labute approximate surface area is 154 Å². The van der Waals surface area contributed by atoms with Gasteiger partial charge in [-0.25, -0.2) is 4.39 Å². The van der Waals surface area contributed by atoms with Crippen LogP contribution in [0.3, 0.4) is 0 Å². The van der Waals surface area contributed by atoms with E-state index in [-0.39, 0.29) is 18.1 Å². The van der Waals surface area contributed by atoms with Crippen molar-refractivity contribution >= 4 is 17.7 Å². The number of aliphatic hydroxyl groups is 1. The third-order valence-corrected chi connectivity index (χ3v) is 6.05. The van der Waals surface area contributed by atoms with Gasteiger partial charge >= 0.3 is 0 Å². The van der Waals surface area contributed by atoms with Crippen molar-refractivity contribution in [3.8, 4) is 6.07 Å². The van der Waals surface area contributed by atoms with Crippen molar-refractivity contribution in [3.05, 3.63) is 82.1 Å². The summed E-state index contributed by atoms with van der Waals surface area (Å²) in [6.45, 7) is 0. The number of rotatable bonds is 2. The summed E-state index contributed by atoms with van der Waals surface area (Å²) in [5.74, 6) is -1.16. The summed E-state index contributed by atoms with van der Waals surface area (Å²) in [6.07, 6.45) is -0.0525. The number of halogens is 1. The molecule has 26 heavy (non-hydrogen) atoms. The molecule has 1 N–H and O–H groups in total. The monoisotopic (exact) mass is 366 g/mol. The van der Waals surface area contributed by atoms with Crippen LogP contribution in [-0.4, -0.2) is 21.7 Å². The first kappa shape index (κ1) is 16.8. The van der Waals surface area contributed by atoms with Crippen molar-refractivity contribution in [1.29, 1.82) is 5.26 Å². The standard InChI is InChI=1S/C20H15FN2O2S/c21-17-9-5-4-8-14(17)15-10-18(24)23-19(16(15)11-22)26-12-20(23,25)13-6-2-1-3-7-13/h1-9,15,25H,10,12H2/t15-,20-/m0/s1. The van der Waals surface area contributed by atoms with Gasteiger partial charge in [0.05, 0.1) is 22.4 Å². The first-order chi connectivity index (χ1) is 12.6. The average molecular weight is 366 g/mol. The Bertz CT molecular complexity index is 954. The molecule has 130 valence electrons. The molecule has 1 fully saturated rings. The van der Waals surface area contributed by atoms with E-state index in [0.717, 1.165) is 0 Å². The Balaban J connectivity index is 1.84. The summed E-state index contributed by atoms with van der Waals surface area (Å²) in [4.78, 5) is 14.2. The number of nitrogens with zero attached hydrogens (tertiary/aromatic N) is 2. The molecule has 2 aromatic rings. The van der Waals surface area contributed by atoms with E-state index in [1.807, 2.05) is 6.07 Å². The number of thioether (sulfide) groups is 1. The highest BCUT2D eigenvalue weighted by atomic mass is 32.2. The number of benzene rings is 2. The lowest BCUT2D eigenvalue weighted by molar-refractivity contribution is -0.149. The number of fused-ring (bicyclic) bond motifs is 1. The zero-order valence-electron chi connectivity index (χ0n) is 13.7. The third kappa shape index (κ3) is 2.44. The van der Waals surface area contributed by atoms with E-state index in [2.05, 4.69) is 6.07 Å². The Hall–Kier alpha value is -2.62. The fraction of sp³-hybridized carbons (Fsp3) is 0.200. The summed E-state index contributed by atoms with van der Waals surface area (Å²) in [5, 5.41) is 21.4. The molecule has 2 aliphatic rings. The van der Waals surface area contributed by atoms with E-state index in [4.69, 9.17) is 0 Å². The van der Waals surface area contributed by atoms with Gasteiger partial charge in [-0.1, -0.05) is 48.5 Å². The molecule has 1 saturated heterocycles. The van der Waals surface area contributed by atoms with Gasteiger partial charge in [-0.05, 0) is 11.6 Å². The predicted octanol–water partition coefficient (Wildman–Crippen LogP) is 3.47. The van der Waals surface area contributed by atoms with Gasteiger partial charge in [-0.3, -0.25) is 9.69 Å². The van der Waals surface area contributed by atoms with Crippen LogP contribution in [0.15, 0.2) is 65.2 Å². The number of allylic oxidation sites excluding steroid dienone is 1. The van der Waals surface area contributed by atoms with Crippen LogP contribution in [0.25, 0.3) is 0 Å². The molecule has 2 aliphatic heterocycles. The van der Waals surface area contributed by atoms with Crippen LogP contribution in [-0.2, 0) is 10.5 Å². The fourth-order valence-corrected chi connectivity index (χ4v) is 4.93. The first-order valence-corrected chi connectivity index (χ1v) is 9.17. The molecule has 0 spiro atoms. The van der Waals surface area contributed by atoms with E-state index in [0.29, 0.717) is 21.7 Å². The molecule has 4 nitrogen and oxygen atoms in total. The smallest absolute Gasteiger partial charge is 0.231 e. The van der Waals surface area contributed by atoms with Gasteiger partial charge in [-0.2, -0.15) is 5.26 Å². The van der Waals surface area contributed by atoms with Gasteiger partial charge in [0.25, 0.3) is 0 Å². The quantitative estimate of drug-likeness (QED) is 0.884. The maximum Gasteiger partial charge on any atom is 0.231 e. The van der Waals surface area contributed by atoms with Gasteiger partial charge in [0.15, 0.2) is 5.72 Å². The Kier molecular flexibility index (Phi) is 4.06. The van der Waals surface area contributed by atoms with Gasteiger partial charge < -0.3 is 5.11 Å². The normalized spacial score (nSPS) is 25.2. The molecule has 0 radical (unpaired) electrons. The molecular weight excluding hydrogens is 351 g/mol. The lowest BCUT2D eigenvalue weighted by Crippen LogP contribution is -2.48. The number of hydrogen-bond donors (Lipinski definition) is 1. The first-order valence-electron chi connectivity index (χ1n) is 8.18. The van der Waals surface area contributed by atoms with E-state index in [1.54, 1.807) is 42.5 Å². The Morgan fingerprint density at radius 2 is 1.88 bits per heavy atom. The Morgan fingerprint density at radius 3 is 2.58 bits per heavy atom. The van der Waals surface area contributed by atoms with Crippen molar-refractivity contribution < 1.29 is 14.3 Å². The summed E-state index contributed by atoms with van der Waals surface area (Å²) in [6, 6.07) is 17.3. The molecule has 4 rings (SSSR count). The molecule has 2 heterocycles. The van der Waals surface area contributed by atoms with Gasteiger partial charge in [-0.15, -0.1) is 11.8 Å². The third-order valence-electron chi connectivity index (χ3n) is 4.83. The molecule has 2 aromatic carbocycles. The molecule has 0 saturated carbocycles. The van der Waals surface area contributed by atoms with Crippen LogP contribution < -0.4 is 0 Å². The van der Waals surface area contributed by atoms with E-state index in [9.17, 15) is 19.6 Å². The largest absolute Gasteiger partial charge is 0.366 e. The second-order valence-electron chi connectivity index (χ2n) is 6.31. The van der Waals surface area contributed by atoms with Crippen molar-refractivity contribution in [1.82, 2.24) is 4.90 Å². The molecule has 0 unspecified atom stereocenters. The molecule has 1 amide bonds. The molecule has 2 atom stereocenters. The molecule has 6 heteroatoms. The second-order valence-corrected chi connectivity index (χ2v) is 7.27. The van der Waals surface area contributed by atoms with E-state index < -0.39 is 17.5 Å². The number of amides is 1. The zero-order chi connectivity index (χ0) is 18.3. The van der Waals surface area contributed by atoms with Gasteiger partial charge in [0, 0.05) is 17.9 Å². The van der Waals surface area contributed by atoms with E-state index >= 15 is 0 Å². The van der Waals surface area contributed by atoms with Crippen molar-refractivity contribution in [2.75, 3.05) is 5.75 Å². The second kappa shape index (κ2) is 6.27. The van der Waals surface area contributed by atoms with Crippen LogP contribution in [0.5, 0.6) is 0 Å². The number of hydrogen-bond acceptors (Lipinski definition) is 4. The van der Waals surface area contributed by atoms with Crippen molar-refractivity contribution in [2.24, 2.45) is 0 Å².